The Bertz CT molecular complexity index is 608. The number of nitrogens with zero attached hydrogens (tertiary/aromatic N) is 1. The number of hydrogen-bond donors (Lipinski definition) is 3. The summed E-state index contributed by atoms with van der Waals surface area (Å²) < 4.78 is 27.5. The van der Waals surface area contributed by atoms with E-state index in [2.05, 4.69) is 14.9 Å². The van der Waals surface area contributed by atoms with E-state index in [9.17, 15) is 13.2 Å². The molecule has 7 nitrogen and oxygen atoms in total. The second-order valence-electron chi connectivity index (χ2n) is 5.32. The molecule has 3 N–H and O–H groups in total. The van der Waals surface area contributed by atoms with Gasteiger partial charge in [0, 0.05) is 6.04 Å². The van der Waals surface area contributed by atoms with Crippen molar-refractivity contribution in [3.05, 3.63) is 11.4 Å². The quantitative estimate of drug-likeness (QED) is 0.775. The van der Waals surface area contributed by atoms with Crippen molar-refractivity contribution in [1.82, 2.24) is 14.9 Å². The van der Waals surface area contributed by atoms with Crippen LogP contribution in [0.2, 0.25) is 0 Å². The van der Waals surface area contributed by atoms with Crippen LogP contribution in [0.4, 0.5) is 0 Å². The summed E-state index contributed by atoms with van der Waals surface area (Å²) in [5.41, 5.74) is -0.225. The molecule has 1 heterocycles. The molecule has 0 radical (unpaired) electrons. The van der Waals surface area contributed by atoms with Gasteiger partial charge in [0.2, 0.25) is 10.0 Å². The van der Waals surface area contributed by atoms with Crippen LogP contribution in [-0.4, -0.2) is 35.7 Å². The molecule has 0 bridgehead atoms. The molecule has 1 aromatic heterocycles. The van der Waals surface area contributed by atoms with Crippen molar-refractivity contribution in [2.75, 3.05) is 0 Å². The Morgan fingerprint density at radius 3 is 2.65 bits per heavy atom. The average Bonchev–Trinajstić information content (AvgIpc) is 2.75. The number of aryl methyl sites for hydroxylation is 1. The van der Waals surface area contributed by atoms with Crippen molar-refractivity contribution < 1.29 is 18.3 Å². The van der Waals surface area contributed by atoms with Gasteiger partial charge in [-0.05, 0) is 25.7 Å². The molecule has 1 aromatic rings. The monoisotopic (exact) mass is 301 g/mol. The van der Waals surface area contributed by atoms with Gasteiger partial charge in [-0.2, -0.15) is 5.10 Å². The van der Waals surface area contributed by atoms with E-state index in [-0.39, 0.29) is 22.5 Å². The van der Waals surface area contributed by atoms with Crippen LogP contribution in [0, 0.1) is 12.8 Å². The van der Waals surface area contributed by atoms with Crippen LogP contribution in [0.3, 0.4) is 0 Å². The van der Waals surface area contributed by atoms with E-state index in [1.165, 1.54) is 6.92 Å². The molecule has 112 valence electrons. The van der Waals surface area contributed by atoms with E-state index < -0.39 is 21.7 Å². The molecular formula is C12H19N3O4S. The number of nitrogens with one attached hydrogen (secondary N) is 2. The molecule has 1 aliphatic carbocycles. The fourth-order valence-electron chi connectivity index (χ4n) is 2.64. The Hall–Kier alpha value is -1.41. The van der Waals surface area contributed by atoms with Crippen LogP contribution in [0.1, 0.15) is 48.8 Å². The summed E-state index contributed by atoms with van der Waals surface area (Å²) in [7, 11) is -3.88. The fourth-order valence-corrected chi connectivity index (χ4v) is 4.35. The molecule has 2 rings (SSSR count). The predicted molar refractivity (Wildman–Crippen MR) is 72.0 cm³/mol. The first-order valence-electron chi connectivity index (χ1n) is 6.63. The lowest BCUT2D eigenvalue weighted by molar-refractivity contribution is 0.0686. The Kier molecular flexibility index (Phi) is 4.14. The third-order valence-electron chi connectivity index (χ3n) is 3.78. The molecule has 0 aliphatic heterocycles. The van der Waals surface area contributed by atoms with Crippen LogP contribution in [0.5, 0.6) is 0 Å². The number of carbonyl (C=O) groups is 1. The third kappa shape index (κ3) is 2.85. The molecule has 20 heavy (non-hydrogen) atoms. The molecule has 0 aromatic carbocycles. The first-order valence-corrected chi connectivity index (χ1v) is 8.12. The number of carboxylic acid groups (broad SMARTS) is 1. The Labute approximate surface area is 117 Å². The second-order valence-corrected chi connectivity index (χ2v) is 6.97. The van der Waals surface area contributed by atoms with Gasteiger partial charge < -0.3 is 5.11 Å². The standard InChI is InChI=1S/C12H19N3O4S/c1-7-5-3-4-6-9(7)15-20(18,19)11-8(2)13-14-10(11)12(16)17/h7,9,15H,3-6H2,1-2H3,(H,13,14)(H,16,17). The fraction of sp³-hybridized carbons (Fsp3) is 0.667. The minimum Gasteiger partial charge on any atom is -0.476 e. The van der Waals surface area contributed by atoms with Gasteiger partial charge in [0.25, 0.3) is 0 Å². The van der Waals surface area contributed by atoms with Crippen LogP contribution in [-0.2, 0) is 10.0 Å². The average molecular weight is 301 g/mol. The predicted octanol–water partition coefficient (Wildman–Crippen LogP) is 1.27. The number of aromatic amines is 1. The number of aromatic carboxylic acids is 1. The molecule has 0 saturated heterocycles. The second kappa shape index (κ2) is 5.53. The Morgan fingerprint density at radius 2 is 2.05 bits per heavy atom. The van der Waals surface area contributed by atoms with E-state index in [4.69, 9.17) is 5.11 Å². The van der Waals surface area contributed by atoms with Crippen LogP contribution in [0.25, 0.3) is 0 Å². The van der Waals surface area contributed by atoms with Gasteiger partial charge in [0.15, 0.2) is 5.69 Å². The van der Waals surface area contributed by atoms with Crippen LogP contribution in [0.15, 0.2) is 4.90 Å². The first-order chi connectivity index (χ1) is 9.33. The highest BCUT2D eigenvalue weighted by molar-refractivity contribution is 7.89. The lowest BCUT2D eigenvalue weighted by atomic mass is 9.87. The molecule has 8 heteroatoms. The maximum Gasteiger partial charge on any atom is 0.357 e. The maximum absolute atomic E-state index is 12.4. The summed E-state index contributed by atoms with van der Waals surface area (Å²) in [5.74, 6) is -1.11. The molecular weight excluding hydrogens is 282 g/mol. The normalized spacial score (nSPS) is 23.7. The van der Waals surface area contributed by atoms with E-state index >= 15 is 0 Å². The third-order valence-corrected chi connectivity index (χ3v) is 5.43. The number of hydrogen-bond acceptors (Lipinski definition) is 4. The number of H-pyrrole nitrogens is 1. The summed E-state index contributed by atoms with van der Waals surface area (Å²) in [5, 5.41) is 15.0. The van der Waals surface area contributed by atoms with Crippen molar-refractivity contribution in [3.63, 3.8) is 0 Å². The van der Waals surface area contributed by atoms with Gasteiger partial charge in [-0.25, -0.2) is 17.9 Å². The lowest BCUT2D eigenvalue weighted by Crippen LogP contribution is -2.41. The number of aromatic nitrogens is 2. The number of rotatable bonds is 4. The Morgan fingerprint density at radius 1 is 1.40 bits per heavy atom. The molecule has 0 amide bonds. The molecule has 2 unspecified atom stereocenters. The zero-order chi connectivity index (χ0) is 14.9. The zero-order valence-electron chi connectivity index (χ0n) is 11.5. The minimum atomic E-state index is -3.88. The van der Waals surface area contributed by atoms with Gasteiger partial charge in [-0.15, -0.1) is 0 Å². The van der Waals surface area contributed by atoms with Gasteiger partial charge >= 0.3 is 5.97 Å². The summed E-state index contributed by atoms with van der Waals surface area (Å²) >= 11 is 0. The van der Waals surface area contributed by atoms with Crippen molar-refractivity contribution in [2.45, 2.75) is 50.5 Å². The zero-order valence-corrected chi connectivity index (χ0v) is 12.3. The molecule has 1 fully saturated rings. The van der Waals surface area contributed by atoms with Gasteiger partial charge in [0.05, 0.1) is 5.69 Å². The topological polar surface area (TPSA) is 112 Å². The van der Waals surface area contributed by atoms with E-state index in [0.29, 0.717) is 0 Å². The van der Waals surface area contributed by atoms with E-state index in [0.717, 1.165) is 25.7 Å². The van der Waals surface area contributed by atoms with Crippen molar-refractivity contribution in [2.24, 2.45) is 5.92 Å². The van der Waals surface area contributed by atoms with Crippen LogP contribution >= 0.6 is 0 Å². The molecule has 2 atom stereocenters. The molecule has 1 saturated carbocycles. The Balaban J connectivity index is 2.31. The van der Waals surface area contributed by atoms with Gasteiger partial charge in [-0.1, -0.05) is 19.8 Å². The van der Waals surface area contributed by atoms with Gasteiger partial charge in [0.1, 0.15) is 4.90 Å². The number of carboxylic acids is 1. The lowest BCUT2D eigenvalue weighted by Gasteiger charge is -2.29. The van der Waals surface area contributed by atoms with Crippen molar-refractivity contribution >= 4 is 16.0 Å². The van der Waals surface area contributed by atoms with Crippen molar-refractivity contribution in [3.8, 4) is 0 Å². The number of sulfonamides is 1. The van der Waals surface area contributed by atoms with Crippen LogP contribution < -0.4 is 4.72 Å². The largest absolute Gasteiger partial charge is 0.476 e. The minimum absolute atomic E-state index is 0.148. The highest BCUT2D eigenvalue weighted by Gasteiger charge is 2.32. The molecule has 0 spiro atoms. The highest BCUT2D eigenvalue weighted by atomic mass is 32.2. The van der Waals surface area contributed by atoms with Gasteiger partial charge in [-0.3, -0.25) is 5.10 Å². The van der Waals surface area contributed by atoms with E-state index in [1.54, 1.807) is 0 Å². The smallest absolute Gasteiger partial charge is 0.357 e. The summed E-state index contributed by atoms with van der Waals surface area (Å²) in [6, 6.07) is -0.148. The van der Waals surface area contributed by atoms with E-state index in [1.807, 2.05) is 6.92 Å². The first kappa shape index (κ1) is 15.0. The SMILES string of the molecule is Cc1[nH]nc(C(=O)O)c1S(=O)(=O)NC1CCCCC1C. The van der Waals surface area contributed by atoms with Crippen molar-refractivity contribution in [1.29, 1.82) is 0 Å². The summed E-state index contributed by atoms with van der Waals surface area (Å²) in [6.07, 6.45) is 3.83. The maximum atomic E-state index is 12.4. The summed E-state index contributed by atoms with van der Waals surface area (Å²) in [4.78, 5) is 10.8. The molecule has 1 aliphatic rings. The highest BCUT2D eigenvalue weighted by Crippen LogP contribution is 2.26. The summed E-state index contributed by atoms with van der Waals surface area (Å²) in [6.45, 7) is 3.50.